The molecular weight excluding hydrogens is 252 g/mol. The van der Waals surface area contributed by atoms with Crippen LogP contribution in [0.4, 0.5) is 5.95 Å². The number of esters is 1. The van der Waals surface area contributed by atoms with Gasteiger partial charge in [0.25, 0.3) is 5.82 Å². The molecule has 3 rings (SSSR count). The minimum Gasteiger partial charge on any atom is -0.463 e. The Labute approximate surface area is 105 Å². The summed E-state index contributed by atoms with van der Waals surface area (Å²) in [6.07, 6.45) is 2.79. The highest BCUT2D eigenvalue weighted by Crippen LogP contribution is 2.15. The van der Waals surface area contributed by atoms with Gasteiger partial charge in [-0.1, -0.05) is 0 Å². The number of carbonyl (C=O) groups is 1. The Morgan fingerprint density at radius 3 is 3.05 bits per heavy atom. The van der Waals surface area contributed by atoms with Crippen molar-refractivity contribution in [3.63, 3.8) is 0 Å². The number of aromatic amines is 1. The summed E-state index contributed by atoms with van der Waals surface area (Å²) in [4.78, 5) is 30.0. The average Bonchev–Trinajstić information content (AvgIpc) is 3.05. The van der Waals surface area contributed by atoms with Crippen LogP contribution >= 0.6 is 0 Å². The molecule has 96 valence electrons. The summed E-state index contributed by atoms with van der Waals surface area (Å²) in [7, 11) is 1.25. The van der Waals surface area contributed by atoms with E-state index in [2.05, 4.69) is 34.8 Å². The molecular formula is C9H8N8O2. The fourth-order valence-electron chi connectivity index (χ4n) is 1.55. The van der Waals surface area contributed by atoms with Gasteiger partial charge in [0.1, 0.15) is 11.8 Å². The van der Waals surface area contributed by atoms with E-state index in [9.17, 15) is 4.79 Å². The molecule has 0 aliphatic carbocycles. The molecule has 0 fully saturated rings. The van der Waals surface area contributed by atoms with Crippen molar-refractivity contribution in [1.82, 2.24) is 34.7 Å². The van der Waals surface area contributed by atoms with Crippen LogP contribution in [0.3, 0.4) is 0 Å². The lowest BCUT2D eigenvalue weighted by atomic mass is 10.5. The van der Waals surface area contributed by atoms with Gasteiger partial charge in [0.2, 0.25) is 5.95 Å². The molecule has 0 aliphatic heterocycles. The van der Waals surface area contributed by atoms with E-state index in [0.717, 1.165) is 0 Å². The van der Waals surface area contributed by atoms with Gasteiger partial charge < -0.3 is 15.5 Å². The van der Waals surface area contributed by atoms with Gasteiger partial charge in [0.05, 0.1) is 13.4 Å². The normalized spacial score (nSPS) is 10.8. The second-order valence-electron chi connectivity index (χ2n) is 3.51. The van der Waals surface area contributed by atoms with Crippen LogP contribution in [0, 0.1) is 0 Å². The molecule has 0 saturated heterocycles. The van der Waals surface area contributed by atoms with Gasteiger partial charge in [-0.15, -0.1) is 5.10 Å². The largest absolute Gasteiger partial charge is 0.463 e. The van der Waals surface area contributed by atoms with Crippen LogP contribution in [-0.2, 0) is 4.74 Å². The highest BCUT2D eigenvalue weighted by atomic mass is 16.5. The number of rotatable bonds is 2. The maximum Gasteiger partial charge on any atom is 0.377 e. The summed E-state index contributed by atoms with van der Waals surface area (Å²) in [6, 6.07) is 0. The third-order valence-electron chi connectivity index (χ3n) is 2.36. The number of carbonyl (C=O) groups excluding carboxylic acids is 1. The van der Waals surface area contributed by atoms with E-state index < -0.39 is 5.97 Å². The average molecular weight is 260 g/mol. The second-order valence-corrected chi connectivity index (χ2v) is 3.51. The Morgan fingerprint density at radius 1 is 1.42 bits per heavy atom. The summed E-state index contributed by atoms with van der Waals surface area (Å²) in [5.41, 5.74) is 6.52. The fourth-order valence-corrected chi connectivity index (χ4v) is 1.55. The first-order chi connectivity index (χ1) is 9.19. The predicted molar refractivity (Wildman–Crippen MR) is 62.4 cm³/mol. The summed E-state index contributed by atoms with van der Waals surface area (Å²) < 4.78 is 5.82. The van der Waals surface area contributed by atoms with Gasteiger partial charge in [-0.3, -0.25) is 0 Å². The van der Waals surface area contributed by atoms with Crippen LogP contribution in [0.15, 0.2) is 12.7 Å². The van der Waals surface area contributed by atoms with Crippen molar-refractivity contribution in [2.75, 3.05) is 12.8 Å². The number of fused-ring (bicyclic) bond motifs is 1. The molecule has 0 spiro atoms. The molecule has 0 amide bonds. The molecule has 0 aromatic carbocycles. The van der Waals surface area contributed by atoms with Gasteiger partial charge >= 0.3 is 5.97 Å². The molecule has 0 unspecified atom stereocenters. The quantitative estimate of drug-likeness (QED) is 0.577. The lowest BCUT2D eigenvalue weighted by molar-refractivity contribution is 0.0587. The van der Waals surface area contributed by atoms with Gasteiger partial charge in [-0.05, 0) is 0 Å². The Kier molecular flexibility index (Phi) is 2.34. The number of hydrogen-bond acceptors (Lipinski definition) is 8. The molecule has 0 saturated carbocycles. The Balaban J connectivity index is 2.16. The van der Waals surface area contributed by atoms with Crippen molar-refractivity contribution < 1.29 is 9.53 Å². The van der Waals surface area contributed by atoms with E-state index in [-0.39, 0.29) is 11.8 Å². The van der Waals surface area contributed by atoms with E-state index in [1.165, 1.54) is 24.4 Å². The molecule has 0 atom stereocenters. The van der Waals surface area contributed by atoms with E-state index in [1.807, 2.05) is 0 Å². The number of imidazole rings is 1. The van der Waals surface area contributed by atoms with Crippen LogP contribution in [0.1, 0.15) is 10.6 Å². The van der Waals surface area contributed by atoms with Crippen molar-refractivity contribution >= 4 is 23.1 Å². The topological polar surface area (TPSA) is 137 Å². The highest BCUT2D eigenvalue weighted by molar-refractivity contribution is 5.85. The molecule has 3 heterocycles. The number of nitrogens with two attached hydrogens (primary N) is 1. The van der Waals surface area contributed by atoms with Crippen LogP contribution < -0.4 is 5.73 Å². The molecule has 0 bridgehead atoms. The lowest BCUT2D eigenvalue weighted by Gasteiger charge is -2.01. The molecule has 0 aliphatic rings. The third kappa shape index (κ3) is 1.74. The van der Waals surface area contributed by atoms with Crippen molar-refractivity contribution in [3.05, 3.63) is 18.5 Å². The monoisotopic (exact) mass is 260 g/mol. The first-order valence-corrected chi connectivity index (χ1v) is 5.16. The van der Waals surface area contributed by atoms with Gasteiger partial charge in [0.15, 0.2) is 11.5 Å². The Bertz CT molecular complexity index is 761. The SMILES string of the molecule is COC(=O)c1ncn(-c2nc(N)nc3nc[nH]c23)n1. The number of nitrogens with zero attached hydrogens (tertiary/aromatic N) is 6. The molecule has 10 nitrogen and oxygen atoms in total. The number of H-pyrrole nitrogens is 1. The predicted octanol–water partition coefficient (Wildman–Crippen LogP) is -0.698. The van der Waals surface area contributed by atoms with E-state index in [1.54, 1.807) is 0 Å². The summed E-state index contributed by atoms with van der Waals surface area (Å²) in [5.74, 6) is -0.318. The maximum absolute atomic E-state index is 11.3. The number of nitrogens with one attached hydrogen (secondary N) is 1. The first kappa shape index (κ1) is 11.1. The zero-order chi connectivity index (χ0) is 13.4. The van der Waals surface area contributed by atoms with Gasteiger partial charge in [-0.25, -0.2) is 14.8 Å². The zero-order valence-corrected chi connectivity index (χ0v) is 9.73. The zero-order valence-electron chi connectivity index (χ0n) is 9.73. The van der Waals surface area contributed by atoms with Crippen LogP contribution in [-0.4, -0.2) is 47.8 Å². The molecule has 3 aromatic rings. The molecule has 0 radical (unpaired) electrons. The number of ether oxygens (including phenoxy) is 1. The summed E-state index contributed by atoms with van der Waals surface area (Å²) in [5, 5.41) is 3.96. The van der Waals surface area contributed by atoms with E-state index in [0.29, 0.717) is 17.0 Å². The van der Waals surface area contributed by atoms with Crippen LogP contribution in [0.25, 0.3) is 17.0 Å². The Morgan fingerprint density at radius 2 is 2.26 bits per heavy atom. The van der Waals surface area contributed by atoms with Crippen molar-refractivity contribution in [3.8, 4) is 5.82 Å². The third-order valence-corrected chi connectivity index (χ3v) is 2.36. The molecule has 10 heteroatoms. The van der Waals surface area contributed by atoms with E-state index >= 15 is 0 Å². The molecule has 19 heavy (non-hydrogen) atoms. The van der Waals surface area contributed by atoms with Gasteiger partial charge in [0, 0.05) is 0 Å². The van der Waals surface area contributed by atoms with Gasteiger partial charge in [-0.2, -0.15) is 14.6 Å². The summed E-state index contributed by atoms with van der Waals surface area (Å²) >= 11 is 0. The molecule has 3 aromatic heterocycles. The number of nitrogen functional groups attached to an aromatic ring is 1. The minimum atomic E-state index is -0.637. The minimum absolute atomic E-state index is 0.0460. The fraction of sp³-hybridized carbons (Fsp3) is 0.111. The highest BCUT2D eigenvalue weighted by Gasteiger charge is 2.16. The number of methoxy groups -OCH3 is 1. The smallest absolute Gasteiger partial charge is 0.377 e. The number of hydrogen-bond donors (Lipinski definition) is 2. The Hall–Kier alpha value is -3.04. The van der Waals surface area contributed by atoms with Crippen molar-refractivity contribution in [1.29, 1.82) is 0 Å². The van der Waals surface area contributed by atoms with Crippen molar-refractivity contribution in [2.24, 2.45) is 0 Å². The molecule has 3 N–H and O–H groups in total. The lowest BCUT2D eigenvalue weighted by Crippen LogP contribution is -2.07. The first-order valence-electron chi connectivity index (χ1n) is 5.16. The van der Waals surface area contributed by atoms with Crippen LogP contribution in [0.2, 0.25) is 0 Å². The van der Waals surface area contributed by atoms with Crippen LogP contribution in [0.5, 0.6) is 0 Å². The number of anilines is 1. The number of aromatic nitrogens is 7. The second kappa shape index (κ2) is 4.01. The van der Waals surface area contributed by atoms with Crippen molar-refractivity contribution in [2.45, 2.75) is 0 Å². The maximum atomic E-state index is 11.3. The summed E-state index contributed by atoms with van der Waals surface area (Å²) in [6.45, 7) is 0. The van der Waals surface area contributed by atoms with E-state index in [4.69, 9.17) is 5.73 Å². The standard InChI is InChI=1S/C9H8N8O2/c1-19-8(18)6-13-3-17(16-6)7-4-5(12-2-11-4)14-9(10)15-7/h2-3H,1H3,(H3,10,11,12,14,15).